The van der Waals surface area contributed by atoms with Gasteiger partial charge in [-0.25, -0.2) is 13.2 Å². The van der Waals surface area contributed by atoms with Crippen LogP contribution in [0.1, 0.15) is 16.1 Å². The highest BCUT2D eigenvalue weighted by atomic mass is 19.1. The van der Waals surface area contributed by atoms with Crippen molar-refractivity contribution >= 4 is 5.78 Å². The highest BCUT2D eigenvalue weighted by Crippen LogP contribution is 2.13. The molecule has 0 aliphatic heterocycles. The Labute approximate surface area is 101 Å². The number of rotatable bonds is 3. The van der Waals surface area contributed by atoms with Crippen molar-refractivity contribution in [3.63, 3.8) is 0 Å². The van der Waals surface area contributed by atoms with Crippen molar-refractivity contribution in [3.05, 3.63) is 65.2 Å². The van der Waals surface area contributed by atoms with Crippen molar-refractivity contribution in [1.82, 2.24) is 4.98 Å². The van der Waals surface area contributed by atoms with Gasteiger partial charge in [0, 0.05) is 18.7 Å². The second kappa shape index (κ2) is 5.00. The first-order valence-electron chi connectivity index (χ1n) is 5.15. The van der Waals surface area contributed by atoms with Crippen LogP contribution in [0.5, 0.6) is 0 Å². The molecule has 0 spiro atoms. The summed E-state index contributed by atoms with van der Waals surface area (Å²) in [7, 11) is 0. The first kappa shape index (κ1) is 12.3. The Balaban J connectivity index is 2.24. The van der Waals surface area contributed by atoms with Crippen LogP contribution in [0.25, 0.3) is 0 Å². The Bertz CT molecular complexity index is 599. The van der Waals surface area contributed by atoms with Gasteiger partial charge in [0.25, 0.3) is 0 Å². The van der Waals surface area contributed by atoms with Crippen molar-refractivity contribution in [2.75, 3.05) is 0 Å². The van der Waals surface area contributed by atoms with Crippen LogP contribution >= 0.6 is 0 Å². The molecule has 5 heteroatoms. The molecular weight excluding hydrogens is 243 g/mol. The largest absolute Gasteiger partial charge is 0.292 e. The van der Waals surface area contributed by atoms with Gasteiger partial charge in [0.05, 0.1) is 0 Å². The van der Waals surface area contributed by atoms with E-state index in [-0.39, 0.29) is 17.7 Å². The van der Waals surface area contributed by atoms with Gasteiger partial charge in [0.1, 0.15) is 17.3 Å². The summed E-state index contributed by atoms with van der Waals surface area (Å²) in [6.07, 6.45) is 0.914. The predicted octanol–water partition coefficient (Wildman–Crippen LogP) is 2.92. The standard InChI is InChI=1S/C13H8F3NO/c14-9-4-3-8(11(16)7-9)6-12(18)13-10(15)2-1-5-17-13/h1-5,7H,6H2. The number of nitrogens with zero attached hydrogens (tertiary/aromatic N) is 1. The van der Waals surface area contributed by atoms with Gasteiger partial charge in [-0.3, -0.25) is 9.78 Å². The molecule has 1 heterocycles. The SMILES string of the molecule is O=C(Cc1ccc(F)cc1F)c1ncccc1F. The smallest absolute Gasteiger partial charge is 0.188 e. The van der Waals surface area contributed by atoms with Gasteiger partial charge in [-0.2, -0.15) is 0 Å². The molecule has 1 aromatic heterocycles. The van der Waals surface area contributed by atoms with E-state index in [1.54, 1.807) is 0 Å². The summed E-state index contributed by atoms with van der Waals surface area (Å²) < 4.78 is 39.3. The molecule has 0 radical (unpaired) electrons. The first-order valence-corrected chi connectivity index (χ1v) is 5.15. The molecule has 0 aliphatic carbocycles. The zero-order valence-electron chi connectivity index (χ0n) is 9.16. The monoisotopic (exact) mass is 251 g/mol. The Morgan fingerprint density at radius 1 is 1.11 bits per heavy atom. The second-order valence-corrected chi connectivity index (χ2v) is 3.67. The van der Waals surface area contributed by atoms with Crippen LogP contribution in [0.3, 0.4) is 0 Å². The molecule has 0 bridgehead atoms. The molecule has 0 fully saturated rings. The summed E-state index contributed by atoms with van der Waals surface area (Å²) in [5, 5.41) is 0. The van der Waals surface area contributed by atoms with Gasteiger partial charge in [0.15, 0.2) is 11.6 Å². The molecule has 0 saturated heterocycles. The van der Waals surface area contributed by atoms with E-state index in [4.69, 9.17) is 0 Å². The molecular formula is C13H8F3NO. The minimum atomic E-state index is -0.834. The van der Waals surface area contributed by atoms with Crippen LogP contribution in [-0.4, -0.2) is 10.8 Å². The number of hydrogen-bond donors (Lipinski definition) is 0. The lowest BCUT2D eigenvalue weighted by atomic mass is 10.1. The van der Waals surface area contributed by atoms with Gasteiger partial charge in [0.2, 0.25) is 0 Å². The number of aromatic nitrogens is 1. The van der Waals surface area contributed by atoms with E-state index in [0.717, 1.165) is 18.2 Å². The molecule has 0 aliphatic rings. The number of carbonyl (C=O) groups is 1. The van der Waals surface area contributed by atoms with Crippen LogP contribution in [-0.2, 0) is 6.42 Å². The quantitative estimate of drug-likeness (QED) is 0.785. The summed E-state index contributed by atoms with van der Waals surface area (Å²) in [5.41, 5.74) is -0.340. The highest BCUT2D eigenvalue weighted by Gasteiger charge is 2.15. The lowest BCUT2D eigenvalue weighted by Crippen LogP contribution is -2.09. The molecule has 2 aromatic rings. The number of hydrogen-bond acceptors (Lipinski definition) is 2. The Kier molecular flexibility index (Phi) is 3.41. The molecule has 92 valence electrons. The minimum absolute atomic E-state index is 0.00598. The molecule has 0 N–H and O–H groups in total. The lowest BCUT2D eigenvalue weighted by molar-refractivity contribution is 0.0982. The molecule has 18 heavy (non-hydrogen) atoms. The molecule has 1 aromatic carbocycles. The van der Waals surface area contributed by atoms with Crippen molar-refractivity contribution in [3.8, 4) is 0 Å². The first-order chi connectivity index (χ1) is 8.58. The molecule has 2 rings (SSSR count). The molecule has 0 amide bonds. The fourth-order valence-electron chi connectivity index (χ4n) is 1.51. The maximum atomic E-state index is 13.3. The van der Waals surface area contributed by atoms with Crippen LogP contribution < -0.4 is 0 Å². The molecule has 0 saturated carbocycles. The zero-order valence-corrected chi connectivity index (χ0v) is 9.16. The maximum Gasteiger partial charge on any atom is 0.188 e. The number of carbonyl (C=O) groups excluding carboxylic acids is 1. The molecule has 2 nitrogen and oxygen atoms in total. The zero-order chi connectivity index (χ0) is 13.1. The third-order valence-electron chi connectivity index (χ3n) is 2.39. The topological polar surface area (TPSA) is 30.0 Å². The maximum absolute atomic E-state index is 13.3. The highest BCUT2D eigenvalue weighted by molar-refractivity contribution is 5.95. The Hall–Kier alpha value is -2.17. The van der Waals surface area contributed by atoms with Gasteiger partial charge in [-0.05, 0) is 23.8 Å². The number of halogens is 3. The van der Waals surface area contributed by atoms with Gasteiger partial charge in [-0.1, -0.05) is 6.07 Å². The van der Waals surface area contributed by atoms with Crippen LogP contribution in [0.4, 0.5) is 13.2 Å². The normalized spacial score (nSPS) is 10.4. The molecule has 0 atom stereocenters. The average molecular weight is 251 g/mol. The lowest BCUT2D eigenvalue weighted by Gasteiger charge is -2.03. The number of benzene rings is 1. The average Bonchev–Trinajstić information content (AvgIpc) is 2.33. The summed E-state index contributed by atoms with van der Waals surface area (Å²) in [4.78, 5) is 15.3. The second-order valence-electron chi connectivity index (χ2n) is 3.67. The summed E-state index contributed by atoms with van der Waals surface area (Å²) >= 11 is 0. The third-order valence-corrected chi connectivity index (χ3v) is 2.39. The number of Topliss-reactive ketones (excluding diaryl/α,β-unsaturated/α-hetero) is 1. The van der Waals surface area contributed by atoms with E-state index in [9.17, 15) is 18.0 Å². The van der Waals surface area contributed by atoms with Crippen molar-refractivity contribution < 1.29 is 18.0 Å². The Morgan fingerprint density at radius 2 is 1.89 bits per heavy atom. The van der Waals surface area contributed by atoms with Crippen molar-refractivity contribution in [1.29, 1.82) is 0 Å². The van der Waals surface area contributed by atoms with Crippen LogP contribution in [0, 0.1) is 17.5 Å². The van der Waals surface area contributed by atoms with E-state index in [0.29, 0.717) is 6.07 Å². The number of ketones is 1. The van der Waals surface area contributed by atoms with E-state index >= 15 is 0 Å². The van der Waals surface area contributed by atoms with E-state index in [2.05, 4.69) is 4.98 Å². The van der Waals surface area contributed by atoms with Crippen molar-refractivity contribution in [2.45, 2.75) is 6.42 Å². The predicted molar refractivity (Wildman–Crippen MR) is 58.6 cm³/mol. The summed E-state index contributed by atoms with van der Waals surface area (Å²) in [5.74, 6) is -2.98. The Morgan fingerprint density at radius 3 is 2.56 bits per heavy atom. The van der Waals surface area contributed by atoms with Crippen molar-refractivity contribution in [2.24, 2.45) is 0 Å². The molecule has 0 unspecified atom stereocenters. The fourth-order valence-corrected chi connectivity index (χ4v) is 1.51. The number of pyridine rings is 1. The van der Waals surface area contributed by atoms with Gasteiger partial charge >= 0.3 is 0 Å². The van der Waals surface area contributed by atoms with E-state index in [1.165, 1.54) is 12.3 Å². The van der Waals surface area contributed by atoms with Crippen LogP contribution in [0.15, 0.2) is 36.5 Å². The van der Waals surface area contributed by atoms with E-state index in [1.807, 2.05) is 0 Å². The van der Waals surface area contributed by atoms with E-state index < -0.39 is 23.2 Å². The van der Waals surface area contributed by atoms with Gasteiger partial charge in [-0.15, -0.1) is 0 Å². The third kappa shape index (κ3) is 2.56. The minimum Gasteiger partial charge on any atom is -0.292 e. The fraction of sp³-hybridized carbons (Fsp3) is 0.0769. The van der Waals surface area contributed by atoms with Gasteiger partial charge < -0.3 is 0 Å². The summed E-state index contributed by atoms with van der Waals surface area (Å²) in [6, 6.07) is 5.33. The van der Waals surface area contributed by atoms with Crippen LogP contribution in [0.2, 0.25) is 0 Å². The summed E-state index contributed by atoms with van der Waals surface area (Å²) in [6.45, 7) is 0.